The Labute approximate surface area is 104 Å². The first-order valence-electron chi connectivity index (χ1n) is 4.69. The van der Waals surface area contributed by atoms with Crippen LogP contribution in [0.2, 0.25) is 0 Å². The zero-order chi connectivity index (χ0) is 13.1. The normalized spacial score (nSPS) is 12.5. The van der Waals surface area contributed by atoms with Gasteiger partial charge in [-0.25, -0.2) is 13.2 Å². The Hall–Kier alpha value is -1.33. The van der Waals surface area contributed by atoms with Gasteiger partial charge in [0.25, 0.3) is 0 Å². The molecule has 4 nitrogen and oxygen atoms in total. The van der Waals surface area contributed by atoms with Crippen molar-refractivity contribution in [1.29, 1.82) is 0 Å². The van der Waals surface area contributed by atoms with Crippen LogP contribution in [-0.2, 0) is 9.84 Å². The van der Waals surface area contributed by atoms with Gasteiger partial charge >= 0.3 is 5.97 Å². The van der Waals surface area contributed by atoms with Crippen LogP contribution in [0.1, 0.15) is 17.3 Å². The summed E-state index contributed by atoms with van der Waals surface area (Å²) in [6.45, 7) is 1.59. The zero-order valence-electron chi connectivity index (χ0n) is 9.05. The molecule has 0 aliphatic rings. The first-order chi connectivity index (χ1) is 7.86. The Balaban J connectivity index is 3.16. The van der Waals surface area contributed by atoms with E-state index in [0.29, 0.717) is 5.57 Å². The van der Waals surface area contributed by atoms with E-state index in [4.69, 9.17) is 16.7 Å². The molecule has 0 fully saturated rings. The van der Waals surface area contributed by atoms with Crippen molar-refractivity contribution in [2.24, 2.45) is 0 Å². The first kappa shape index (κ1) is 13.7. The summed E-state index contributed by atoms with van der Waals surface area (Å²) >= 11 is 5.41. The number of sulfone groups is 1. The van der Waals surface area contributed by atoms with Crippen LogP contribution in [0.4, 0.5) is 0 Å². The molecule has 92 valence electrons. The molecule has 0 amide bonds. The molecule has 0 atom stereocenters. The standard InChI is InChI=1S/C11H11ClO4S/c1-8(6-12)7-17(15,16)10-4-2-3-9(5-10)11(13)14/h2-6H,7H2,1H3,(H,13,14)/b8-6-. The van der Waals surface area contributed by atoms with Crippen LogP contribution >= 0.6 is 11.6 Å². The third-order valence-electron chi connectivity index (χ3n) is 2.04. The lowest BCUT2D eigenvalue weighted by atomic mass is 10.2. The predicted octanol–water partition coefficient (Wildman–Crippen LogP) is 2.30. The number of hydrogen-bond acceptors (Lipinski definition) is 3. The lowest BCUT2D eigenvalue weighted by Gasteiger charge is -2.05. The molecule has 0 bridgehead atoms. The maximum atomic E-state index is 11.9. The molecule has 0 saturated heterocycles. The number of hydrogen-bond donors (Lipinski definition) is 1. The van der Waals surface area contributed by atoms with E-state index in [2.05, 4.69) is 0 Å². The van der Waals surface area contributed by atoms with Crippen molar-refractivity contribution in [2.45, 2.75) is 11.8 Å². The van der Waals surface area contributed by atoms with Crippen molar-refractivity contribution in [3.63, 3.8) is 0 Å². The van der Waals surface area contributed by atoms with Crippen molar-refractivity contribution in [1.82, 2.24) is 0 Å². The lowest BCUT2D eigenvalue weighted by molar-refractivity contribution is 0.0696. The van der Waals surface area contributed by atoms with Crippen LogP contribution in [-0.4, -0.2) is 25.2 Å². The Morgan fingerprint density at radius 1 is 1.47 bits per heavy atom. The van der Waals surface area contributed by atoms with E-state index in [0.717, 1.165) is 6.07 Å². The molecule has 0 radical (unpaired) electrons. The van der Waals surface area contributed by atoms with Crippen LogP contribution in [0.15, 0.2) is 40.3 Å². The molecule has 0 unspecified atom stereocenters. The summed E-state index contributed by atoms with van der Waals surface area (Å²) in [7, 11) is -3.54. The van der Waals surface area contributed by atoms with Gasteiger partial charge in [0.05, 0.1) is 16.2 Å². The largest absolute Gasteiger partial charge is 0.478 e. The van der Waals surface area contributed by atoms with Gasteiger partial charge in [0, 0.05) is 5.54 Å². The van der Waals surface area contributed by atoms with Gasteiger partial charge in [0.15, 0.2) is 9.84 Å². The Bertz CT molecular complexity index is 561. The highest BCUT2D eigenvalue weighted by atomic mass is 35.5. The molecule has 17 heavy (non-hydrogen) atoms. The molecule has 1 aromatic rings. The summed E-state index contributed by atoms with van der Waals surface area (Å²) in [6, 6.07) is 5.24. The number of aromatic carboxylic acids is 1. The van der Waals surface area contributed by atoms with Gasteiger partial charge in [-0.3, -0.25) is 0 Å². The monoisotopic (exact) mass is 274 g/mol. The molecular weight excluding hydrogens is 264 g/mol. The molecule has 0 spiro atoms. The van der Waals surface area contributed by atoms with E-state index in [9.17, 15) is 13.2 Å². The fourth-order valence-electron chi connectivity index (χ4n) is 1.24. The summed E-state index contributed by atoms with van der Waals surface area (Å²) < 4.78 is 23.8. The van der Waals surface area contributed by atoms with Gasteiger partial charge < -0.3 is 5.11 Å². The highest BCUT2D eigenvalue weighted by Gasteiger charge is 2.16. The van der Waals surface area contributed by atoms with E-state index in [1.165, 1.54) is 23.7 Å². The van der Waals surface area contributed by atoms with Gasteiger partial charge in [-0.2, -0.15) is 0 Å². The lowest BCUT2D eigenvalue weighted by Crippen LogP contribution is -2.09. The van der Waals surface area contributed by atoms with Crippen LogP contribution in [0.5, 0.6) is 0 Å². The van der Waals surface area contributed by atoms with Crippen LogP contribution in [0, 0.1) is 0 Å². The van der Waals surface area contributed by atoms with Crippen molar-refractivity contribution in [3.05, 3.63) is 40.9 Å². The van der Waals surface area contributed by atoms with Crippen molar-refractivity contribution < 1.29 is 18.3 Å². The third kappa shape index (κ3) is 3.57. The average molecular weight is 275 g/mol. The fraction of sp³-hybridized carbons (Fsp3) is 0.182. The molecule has 0 heterocycles. The molecule has 0 aliphatic carbocycles. The first-order valence-corrected chi connectivity index (χ1v) is 6.77. The summed E-state index contributed by atoms with van der Waals surface area (Å²) in [4.78, 5) is 10.7. The van der Waals surface area contributed by atoms with Gasteiger partial charge in [-0.1, -0.05) is 17.7 Å². The van der Waals surface area contributed by atoms with Crippen LogP contribution < -0.4 is 0 Å². The van der Waals surface area contributed by atoms with E-state index in [-0.39, 0.29) is 16.2 Å². The molecule has 6 heteroatoms. The zero-order valence-corrected chi connectivity index (χ0v) is 10.6. The SMILES string of the molecule is C/C(=C/Cl)CS(=O)(=O)c1cccc(C(=O)O)c1. The molecule has 1 aromatic carbocycles. The van der Waals surface area contributed by atoms with E-state index in [1.54, 1.807) is 6.92 Å². The average Bonchev–Trinajstić information content (AvgIpc) is 2.28. The van der Waals surface area contributed by atoms with Crippen molar-refractivity contribution >= 4 is 27.4 Å². The topological polar surface area (TPSA) is 71.4 Å². The highest BCUT2D eigenvalue weighted by Crippen LogP contribution is 2.16. The second kappa shape index (κ2) is 5.33. The van der Waals surface area contributed by atoms with Gasteiger partial charge in [-0.05, 0) is 30.7 Å². The number of rotatable bonds is 4. The summed E-state index contributed by atoms with van der Waals surface area (Å²) in [5.74, 6) is -1.38. The van der Waals surface area contributed by atoms with Gasteiger partial charge in [-0.15, -0.1) is 0 Å². The number of carboxylic acids is 1. The second-order valence-corrected chi connectivity index (χ2v) is 5.76. The minimum atomic E-state index is -3.54. The van der Waals surface area contributed by atoms with Gasteiger partial charge in [0.2, 0.25) is 0 Å². The molecule has 1 rings (SSSR count). The number of halogens is 1. The fourth-order valence-corrected chi connectivity index (χ4v) is 2.85. The molecule has 0 aromatic heterocycles. The molecule has 0 saturated carbocycles. The summed E-state index contributed by atoms with van der Waals surface area (Å²) in [5.41, 5.74) is 1.63. The Kier molecular flexibility index (Phi) is 4.31. The summed E-state index contributed by atoms with van der Waals surface area (Å²) in [5, 5.41) is 8.78. The smallest absolute Gasteiger partial charge is 0.335 e. The maximum Gasteiger partial charge on any atom is 0.335 e. The van der Waals surface area contributed by atoms with E-state index < -0.39 is 15.8 Å². The van der Waals surface area contributed by atoms with Crippen LogP contribution in [0.25, 0.3) is 0 Å². The highest BCUT2D eigenvalue weighted by molar-refractivity contribution is 7.91. The van der Waals surface area contributed by atoms with E-state index >= 15 is 0 Å². The number of carboxylic acid groups (broad SMARTS) is 1. The molecular formula is C11H11ClO4S. The quantitative estimate of drug-likeness (QED) is 0.914. The second-order valence-electron chi connectivity index (χ2n) is 3.55. The van der Waals surface area contributed by atoms with Crippen molar-refractivity contribution in [2.75, 3.05) is 5.75 Å². The van der Waals surface area contributed by atoms with Gasteiger partial charge in [0.1, 0.15) is 0 Å². The Morgan fingerprint density at radius 3 is 2.65 bits per heavy atom. The Morgan fingerprint density at radius 2 is 2.12 bits per heavy atom. The number of benzene rings is 1. The minimum Gasteiger partial charge on any atom is -0.478 e. The molecule has 1 N–H and O–H groups in total. The molecule has 0 aliphatic heterocycles. The van der Waals surface area contributed by atoms with Crippen molar-refractivity contribution in [3.8, 4) is 0 Å². The van der Waals surface area contributed by atoms with Crippen LogP contribution in [0.3, 0.4) is 0 Å². The predicted molar refractivity (Wildman–Crippen MR) is 65.1 cm³/mol. The number of carbonyl (C=O) groups is 1. The third-order valence-corrected chi connectivity index (χ3v) is 4.22. The maximum absolute atomic E-state index is 11.9. The van der Waals surface area contributed by atoms with E-state index in [1.807, 2.05) is 0 Å². The minimum absolute atomic E-state index is 0.0183. The summed E-state index contributed by atoms with van der Waals surface area (Å²) in [6.07, 6.45) is 0.